The number of hydrogen-bond donors (Lipinski definition) is 1. The monoisotopic (exact) mass is 327 g/mol. The highest BCUT2D eigenvalue weighted by Gasteiger charge is 2.31. The Bertz CT molecular complexity index is 448. The van der Waals surface area contributed by atoms with Crippen LogP contribution < -0.4 is 10.1 Å². The highest BCUT2D eigenvalue weighted by atomic mass is 79.9. The van der Waals surface area contributed by atoms with Gasteiger partial charge in [-0.25, -0.2) is 0 Å². The van der Waals surface area contributed by atoms with Crippen LogP contribution in [0.1, 0.15) is 38.3 Å². The molecule has 0 bridgehead atoms. The molecule has 2 rings (SSSR count). The Labute approximate surface area is 123 Å². The fraction of sp³-hybridized carbons (Fsp3) is 0.600. The second-order valence-electron chi connectivity index (χ2n) is 5.67. The number of fused-ring (bicyclic) bond motifs is 1. The van der Waals surface area contributed by atoms with E-state index in [1.807, 2.05) is 13.1 Å². The van der Waals surface area contributed by atoms with E-state index in [9.17, 15) is 0 Å². The van der Waals surface area contributed by atoms with E-state index in [0.717, 1.165) is 23.1 Å². The van der Waals surface area contributed by atoms with Gasteiger partial charge in [0.1, 0.15) is 11.9 Å². The molecule has 106 valence electrons. The lowest BCUT2D eigenvalue weighted by Crippen LogP contribution is -2.37. The van der Waals surface area contributed by atoms with Gasteiger partial charge in [0.25, 0.3) is 0 Å². The van der Waals surface area contributed by atoms with Gasteiger partial charge in [0.05, 0.1) is 5.60 Å². The number of methoxy groups -OCH3 is 1. The maximum Gasteiger partial charge on any atom is 0.125 e. The molecule has 0 fully saturated rings. The van der Waals surface area contributed by atoms with E-state index in [-0.39, 0.29) is 11.7 Å². The number of ether oxygens (including phenoxy) is 2. The molecule has 0 radical (unpaired) electrons. The minimum absolute atomic E-state index is 0.160. The van der Waals surface area contributed by atoms with E-state index < -0.39 is 0 Å². The van der Waals surface area contributed by atoms with E-state index in [0.29, 0.717) is 6.04 Å². The Kier molecular flexibility index (Phi) is 4.54. The minimum atomic E-state index is -0.160. The van der Waals surface area contributed by atoms with Crippen LogP contribution in [0.2, 0.25) is 0 Å². The molecule has 0 amide bonds. The molecule has 1 aliphatic rings. The first-order valence-corrected chi connectivity index (χ1v) is 7.43. The summed E-state index contributed by atoms with van der Waals surface area (Å²) >= 11 is 3.50. The van der Waals surface area contributed by atoms with Gasteiger partial charge >= 0.3 is 0 Å². The molecule has 0 saturated heterocycles. The van der Waals surface area contributed by atoms with E-state index in [4.69, 9.17) is 9.47 Å². The Morgan fingerprint density at radius 1 is 1.47 bits per heavy atom. The SMILES string of the molecule is CNC1CC(CC(C)(C)OC)Oc2cc(Br)ccc21. The molecule has 2 atom stereocenters. The minimum Gasteiger partial charge on any atom is -0.490 e. The Hall–Kier alpha value is -0.580. The second-order valence-corrected chi connectivity index (χ2v) is 6.58. The lowest BCUT2D eigenvalue weighted by atomic mass is 9.90. The van der Waals surface area contributed by atoms with Crippen LogP contribution in [0.15, 0.2) is 22.7 Å². The zero-order valence-electron chi connectivity index (χ0n) is 12.0. The van der Waals surface area contributed by atoms with Crippen molar-refractivity contribution in [2.75, 3.05) is 14.2 Å². The molecule has 3 nitrogen and oxygen atoms in total. The average molecular weight is 328 g/mol. The van der Waals surface area contributed by atoms with Gasteiger partial charge in [-0.05, 0) is 33.0 Å². The third-order valence-electron chi connectivity index (χ3n) is 3.76. The maximum atomic E-state index is 6.13. The van der Waals surface area contributed by atoms with Gasteiger partial charge in [-0.1, -0.05) is 22.0 Å². The number of rotatable bonds is 4. The van der Waals surface area contributed by atoms with Crippen molar-refractivity contribution in [3.05, 3.63) is 28.2 Å². The zero-order chi connectivity index (χ0) is 14.0. The van der Waals surface area contributed by atoms with Crippen LogP contribution in [-0.2, 0) is 4.74 Å². The topological polar surface area (TPSA) is 30.5 Å². The normalized spacial score (nSPS) is 22.8. The van der Waals surface area contributed by atoms with Gasteiger partial charge in [-0.3, -0.25) is 0 Å². The second kappa shape index (κ2) is 5.81. The number of benzene rings is 1. The van der Waals surface area contributed by atoms with Crippen molar-refractivity contribution in [2.45, 2.75) is 44.4 Å². The molecule has 1 aromatic carbocycles. The van der Waals surface area contributed by atoms with Gasteiger partial charge < -0.3 is 14.8 Å². The third-order valence-corrected chi connectivity index (χ3v) is 4.26. The fourth-order valence-electron chi connectivity index (χ4n) is 2.55. The van der Waals surface area contributed by atoms with Crippen molar-refractivity contribution in [1.29, 1.82) is 0 Å². The highest BCUT2D eigenvalue weighted by molar-refractivity contribution is 9.10. The van der Waals surface area contributed by atoms with Gasteiger partial charge in [0.2, 0.25) is 0 Å². The summed E-state index contributed by atoms with van der Waals surface area (Å²) in [6.07, 6.45) is 2.03. The first-order valence-electron chi connectivity index (χ1n) is 6.63. The molecule has 0 spiro atoms. The van der Waals surface area contributed by atoms with Crippen LogP contribution in [0.25, 0.3) is 0 Å². The lowest BCUT2D eigenvalue weighted by molar-refractivity contribution is -0.0203. The molecule has 1 N–H and O–H groups in total. The Morgan fingerprint density at radius 2 is 2.21 bits per heavy atom. The van der Waals surface area contributed by atoms with Gasteiger partial charge in [0.15, 0.2) is 0 Å². The zero-order valence-corrected chi connectivity index (χ0v) is 13.6. The summed E-state index contributed by atoms with van der Waals surface area (Å²) in [6.45, 7) is 4.20. The molecule has 1 aromatic rings. The quantitative estimate of drug-likeness (QED) is 0.915. The van der Waals surface area contributed by atoms with Crippen LogP contribution >= 0.6 is 15.9 Å². The van der Waals surface area contributed by atoms with E-state index in [1.54, 1.807) is 7.11 Å². The molecule has 4 heteroatoms. The molecule has 0 aromatic heterocycles. The molecule has 2 unspecified atom stereocenters. The number of nitrogens with one attached hydrogen (secondary N) is 1. The standard InChI is InChI=1S/C15H22BrNO2/c1-15(2,18-4)9-11-8-13(17-3)12-6-5-10(16)7-14(12)19-11/h5-7,11,13,17H,8-9H2,1-4H3. The summed E-state index contributed by atoms with van der Waals surface area (Å²) < 4.78 is 12.7. The van der Waals surface area contributed by atoms with Crippen LogP contribution in [0, 0.1) is 0 Å². The fourth-order valence-corrected chi connectivity index (χ4v) is 2.89. The first kappa shape index (κ1) is 14.8. The lowest BCUT2D eigenvalue weighted by Gasteiger charge is -2.36. The molecular weight excluding hydrogens is 306 g/mol. The van der Waals surface area contributed by atoms with E-state index >= 15 is 0 Å². The molecule has 19 heavy (non-hydrogen) atoms. The van der Waals surface area contributed by atoms with Crippen molar-refractivity contribution in [1.82, 2.24) is 5.32 Å². The van der Waals surface area contributed by atoms with E-state index in [1.165, 1.54) is 5.56 Å². The smallest absolute Gasteiger partial charge is 0.125 e. The predicted octanol–water partition coefficient (Wildman–Crippen LogP) is 3.68. The van der Waals surface area contributed by atoms with Crippen LogP contribution in [-0.4, -0.2) is 25.9 Å². The van der Waals surface area contributed by atoms with Crippen molar-refractivity contribution in [3.8, 4) is 5.75 Å². The summed E-state index contributed by atoms with van der Waals surface area (Å²) in [4.78, 5) is 0. The van der Waals surface area contributed by atoms with Crippen LogP contribution in [0.4, 0.5) is 0 Å². The molecule has 1 aliphatic heterocycles. The van der Waals surface area contributed by atoms with Crippen LogP contribution in [0.5, 0.6) is 5.75 Å². The number of hydrogen-bond acceptors (Lipinski definition) is 3. The van der Waals surface area contributed by atoms with Gasteiger partial charge in [-0.15, -0.1) is 0 Å². The molecule has 1 heterocycles. The molecular formula is C15H22BrNO2. The van der Waals surface area contributed by atoms with Crippen molar-refractivity contribution in [3.63, 3.8) is 0 Å². The predicted molar refractivity (Wildman–Crippen MR) is 80.7 cm³/mol. The largest absolute Gasteiger partial charge is 0.490 e. The maximum absolute atomic E-state index is 6.13. The third kappa shape index (κ3) is 3.50. The summed E-state index contributed by atoms with van der Waals surface area (Å²) in [7, 11) is 3.75. The van der Waals surface area contributed by atoms with Crippen LogP contribution in [0.3, 0.4) is 0 Å². The number of halogens is 1. The van der Waals surface area contributed by atoms with Crippen molar-refractivity contribution < 1.29 is 9.47 Å². The summed E-state index contributed by atoms with van der Waals surface area (Å²) in [5, 5.41) is 3.38. The first-order chi connectivity index (χ1) is 8.95. The molecule has 0 saturated carbocycles. The van der Waals surface area contributed by atoms with Gasteiger partial charge in [-0.2, -0.15) is 0 Å². The van der Waals surface area contributed by atoms with Crippen molar-refractivity contribution >= 4 is 15.9 Å². The summed E-state index contributed by atoms with van der Waals surface area (Å²) in [6, 6.07) is 6.57. The van der Waals surface area contributed by atoms with Gasteiger partial charge in [0, 0.05) is 36.0 Å². The summed E-state index contributed by atoms with van der Waals surface area (Å²) in [5.41, 5.74) is 1.07. The Morgan fingerprint density at radius 3 is 2.84 bits per heavy atom. The van der Waals surface area contributed by atoms with Crippen molar-refractivity contribution in [2.24, 2.45) is 0 Å². The highest BCUT2D eigenvalue weighted by Crippen LogP contribution is 2.38. The average Bonchev–Trinajstić information content (AvgIpc) is 2.36. The van der Waals surface area contributed by atoms with E-state index in [2.05, 4.69) is 47.2 Å². The Balaban J connectivity index is 2.21. The molecule has 0 aliphatic carbocycles. The summed E-state index contributed by atoms with van der Waals surface area (Å²) in [5.74, 6) is 0.969.